The second-order valence-electron chi connectivity index (χ2n) is 3.21. The number of aliphatic carboxylic acids is 1. The summed E-state index contributed by atoms with van der Waals surface area (Å²) in [5.41, 5.74) is 0.0112. The van der Waals surface area contributed by atoms with Crippen LogP contribution in [0, 0.1) is 0 Å². The van der Waals surface area contributed by atoms with Crippen molar-refractivity contribution in [2.45, 2.75) is 6.54 Å². The lowest BCUT2D eigenvalue weighted by molar-refractivity contribution is -0.137. The third kappa shape index (κ3) is 1.77. The third-order valence-corrected chi connectivity index (χ3v) is 2.45. The molecule has 0 saturated carbocycles. The summed E-state index contributed by atoms with van der Waals surface area (Å²) >= 11 is 5.87. The lowest BCUT2D eigenvalue weighted by atomic mass is 10.2. The quantitative estimate of drug-likeness (QED) is 0.851. The van der Waals surface area contributed by atoms with Gasteiger partial charge in [0, 0.05) is 0 Å². The largest absolute Gasteiger partial charge is 0.480 e. The molecule has 1 N–H and O–H groups in total. The van der Waals surface area contributed by atoms with Crippen LogP contribution < -0.4 is 5.56 Å². The topological polar surface area (TPSA) is 72.2 Å². The van der Waals surface area contributed by atoms with E-state index in [1.54, 1.807) is 18.2 Å². The van der Waals surface area contributed by atoms with E-state index >= 15 is 0 Å². The molecule has 0 aliphatic rings. The van der Waals surface area contributed by atoms with Crippen molar-refractivity contribution >= 4 is 28.5 Å². The number of benzene rings is 1. The normalized spacial score (nSPS) is 10.6. The summed E-state index contributed by atoms with van der Waals surface area (Å²) in [5.74, 6) is -1.01. The van der Waals surface area contributed by atoms with Crippen LogP contribution in [0.4, 0.5) is 0 Å². The molecule has 82 valence electrons. The third-order valence-electron chi connectivity index (χ3n) is 2.13. The predicted octanol–water partition coefficient (Wildman–Crippen LogP) is 1.13. The SMILES string of the molecule is O=C(O)Cn1cnc(=O)c2c(Cl)cccc21. The summed E-state index contributed by atoms with van der Waals surface area (Å²) in [4.78, 5) is 25.7. The first-order valence-corrected chi connectivity index (χ1v) is 4.83. The fourth-order valence-electron chi connectivity index (χ4n) is 1.48. The van der Waals surface area contributed by atoms with Gasteiger partial charge < -0.3 is 9.67 Å². The van der Waals surface area contributed by atoms with Gasteiger partial charge in [-0.1, -0.05) is 17.7 Å². The standard InChI is InChI=1S/C10H7ClN2O3/c11-6-2-1-3-7-9(6)10(16)12-5-13(7)4-8(14)15/h1-3,5H,4H2,(H,14,15). The van der Waals surface area contributed by atoms with E-state index in [2.05, 4.69) is 4.98 Å². The molecule has 0 radical (unpaired) electrons. The highest BCUT2D eigenvalue weighted by Gasteiger charge is 2.08. The van der Waals surface area contributed by atoms with E-state index in [-0.39, 0.29) is 17.0 Å². The van der Waals surface area contributed by atoms with Gasteiger partial charge in [0.25, 0.3) is 5.56 Å². The van der Waals surface area contributed by atoms with Gasteiger partial charge >= 0.3 is 5.97 Å². The van der Waals surface area contributed by atoms with Crippen LogP contribution in [0.1, 0.15) is 0 Å². The van der Waals surface area contributed by atoms with Gasteiger partial charge in [0.2, 0.25) is 0 Å². The molecule has 1 heterocycles. The van der Waals surface area contributed by atoms with Gasteiger partial charge in [0.05, 0.1) is 22.3 Å². The van der Waals surface area contributed by atoms with Gasteiger partial charge in [-0.05, 0) is 12.1 Å². The lowest BCUT2D eigenvalue weighted by Crippen LogP contribution is -2.16. The Kier molecular flexibility index (Phi) is 2.62. The molecule has 0 spiro atoms. The van der Waals surface area contributed by atoms with Crippen LogP contribution in [-0.4, -0.2) is 20.6 Å². The molecule has 6 heteroatoms. The molecule has 0 saturated heterocycles. The maximum atomic E-state index is 11.5. The molecule has 2 aromatic rings. The molecule has 0 aliphatic heterocycles. The van der Waals surface area contributed by atoms with Crippen LogP contribution in [0.5, 0.6) is 0 Å². The Hall–Kier alpha value is -1.88. The molecule has 1 aromatic heterocycles. The Morgan fingerprint density at radius 2 is 2.25 bits per heavy atom. The summed E-state index contributed by atoms with van der Waals surface area (Å²) in [7, 11) is 0. The lowest BCUT2D eigenvalue weighted by Gasteiger charge is -2.07. The molecular formula is C10H7ClN2O3. The number of hydrogen-bond donors (Lipinski definition) is 1. The molecule has 0 bridgehead atoms. The molecule has 0 unspecified atom stereocenters. The smallest absolute Gasteiger partial charge is 0.323 e. The van der Waals surface area contributed by atoms with Crippen LogP contribution >= 0.6 is 11.6 Å². The number of carboxylic acid groups (broad SMARTS) is 1. The predicted molar refractivity (Wildman–Crippen MR) is 58.6 cm³/mol. The van der Waals surface area contributed by atoms with Crippen molar-refractivity contribution < 1.29 is 9.90 Å². The van der Waals surface area contributed by atoms with Gasteiger partial charge in [-0.3, -0.25) is 9.59 Å². The first-order chi connectivity index (χ1) is 7.59. The fraction of sp³-hybridized carbons (Fsp3) is 0.100. The minimum absolute atomic E-state index is 0.243. The number of rotatable bonds is 2. The van der Waals surface area contributed by atoms with Crippen LogP contribution in [0.25, 0.3) is 10.9 Å². The molecular weight excluding hydrogens is 232 g/mol. The van der Waals surface area contributed by atoms with Gasteiger partial charge in [-0.15, -0.1) is 0 Å². The van der Waals surface area contributed by atoms with E-state index in [0.29, 0.717) is 5.52 Å². The van der Waals surface area contributed by atoms with Crippen molar-refractivity contribution in [1.29, 1.82) is 0 Å². The van der Waals surface area contributed by atoms with Crippen molar-refractivity contribution in [3.8, 4) is 0 Å². The van der Waals surface area contributed by atoms with Gasteiger partial charge in [-0.2, -0.15) is 4.98 Å². The van der Waals surface area contributed by atoms with E-state index in [1.807, 2.05) is 0 Å². The van der Waals surface area contributed by atoms with Crippen LogP contribution in [-0.2, 0) is 11.3 Å². The van der Waals surface area contributed by atoms with Crippen molar-refractivity contribution in [2.24, 2.45) is 0 Å². The Bertz CT molecular complexity index is 621. The molecule has 1 aromatic carbocycles. The van der Waals surface area contributed by atoms with Gasteiger partial charge in [-0.25, -0.2) is 0 Å². The van der Waals surface area contributed by atoms with E-state index in [1.165, 1.54) is 10.9 Å². The second-order valence-corrected chi connectivity index (χ2v) is 3.61. The summed E-state index contributed by atoms with van der Waals surface area (Å²) < 4.78 is 1.37. The maximum absolute atomic E-state index is 11.5. The zero-order valence-corrected chi connectivity index (χ0v) is 8.81. The van der Waals surface area contributed by atoms with Gasteiger partial charge in [0.15, 0.2) is 0 Å². The monoisotopic (exact) mass is 238 g/mol. The molecule has 0 fully saturated rings. The molecule has 5 nitrogen and oxygen atoms in total. The van der Waals surface area contributed by atoms with Crippen molar-refractivity contribution in [3.63, 3.8) is 0 Å². The summed E-state index contributed by atoms with van der Waals surface area (Å²) in [5, 5.41) is 9.22. The Balaban J connectivity index is 2.79. The Labute approximate surface area is 94.9 Å². The van der Waals surface area contributed by atoms with E-state index < -0.39 is 11.5 Å². The number of aromatic nitrogens is 2. The van der Waals surface area contributed by atoms with Crippen molar-refractivity contribution in [3.05, 3.63) is 39.9 Å². The molecule has 0 amide bonds. The molecule has 2 rings (SSSR count). The Morgan fingerprint density at radius 3 is 2.94 bits per heavy atom. The number of halogens is 1. The number of carbonyl (C=O) groups is 1. The summed E-state index contributed by atoms with van der Waals surface area (Å²) in [6.45, 7) is -0.260. The molecule has 16 heavy (non-hydrogen) atoms. The minimum Gasteiger partial charge on any atom is -0.480 e. The summed E-state index contributed by atoms with van der Waals surface area (Å²) in [6.07, 6.45) is 1.20. The highest BCUT2D eigenvalue weighted by atomic mass is 35.5. The van der Waals surface area contributed by atoms with Gasteiger partial charge in [0.1, 0.15) is 6.54 Å². The zero-order chi connectivity index (χ0) is 11.7. The van der Waals surface area contributed by atoms with Crippen LogP contribution in [0.2, 0.25) is 5.02 Å². The fourth-order valence-corrected chi connectivity index (χ4v) is 1.73. The first-order valence-electron chi connectivity index (χ1n) is 4.45. The highest BCUT2D eigenvalue weighted by Crippen LogP contribution is 2.18. The highest BCUT2D eigenvalue weighted by molar-refractivity contribution is 6.35. The number of fused-ring (bicyclic) bond motifs is 1. The maximum Gasteiger partial charge on any atom is 0.323 e. The first kappa shape index (κ1) is 10.6. The number of nitrogens with zero attached hydrogens (tertiary/aromatic N) is 2. The van der Waals surface area contributed by atoms with E-state index in [0.717, 1.165) is 0 Å². The zero-order valence-electron chi connectivity index (χ0n) is 8.05. The van der Waals surface area contributed by atoms with E-state index in [4.69, 9.17) is 16.7 Å². The van der Waals surface area contributed by atoms with Crippen molar-refractivity contribution in [2.75, 3.05) is 0 Å². The number of carboxylic acids is 1. The van der Waals surface area contributed by atoms with Crippen LogP contribution in [0.3, 0.4) is 0 Å². The number of hydrogen-bond acceptors (Lipinski definition) is 3. The van der Waals surface area contributed by atoms with E-state index in [9.17, 15) is 9.59 Å². The molecule has 0 atom stereocenters. The Morgan fingerprint density at radius 1 is 1.50 bits per heavy atom. The average Bonchev–Trinajstić information content (AvgIpc) is 2.22. The van der Waals surface area contributed by atoms with Crippen LogP contribution in [0.15, 0.2) is 29.3 Å². The molecule has 0 aliphatic carbocycles. The van der Waals surface area contributed by atoms with Crippen molar-refractivity contribution in [1.82, 2.24) is 9.55 Å². The second kappa shape index (κ2) is 3.94. The summed E-state index contributed by atoms with van der Waals surface area (Å²) in [6, 6.07) is 4.85. The average molecular weight is 239 g/mol. The minimum atomic E-state index is -1.01.